The molecule has 1 unspecified atom stereocenters. The van der Waals surface area contributed by atoms with Gasteiger partial charge in [0.1, 0.15) is 0 Å². The normalized spacial score (nSPS) is 20.8. The fraction of sp³-hybridized carbons (Fsp3) is 0.750. The van der Waals surface area contributed by atoms with E-state index in [2.05, 4.69) is 27.5 Å². The molecule has 138 valence electrons. The standard InChI is InChI=1S/C16H28N4O2S.HI/c1-12-14(23-13(2)20-12)4-7-18-15(17-3)19-10-16(5-8-21)6-9-22-11-16;/h21H,4-11H2,1-3H3,(H2,17,18,19);1H. The monoisotopic (exact) mass is 468 g/mol. The second kappa shape index (κ2) is 10.5. The number of aliphatic hydroxyl groups is 1. The zero-order chi connectivity index (χ0) is 16.7. The van der Waals surface area contributed by atoms with E-state index in [-0.39, 0.29) is 36.0 Å². The van der Waals surface area contributed by atoms with Crippen LogP contribution in [0.15, 0.2) is 4.99 Å². The van der Waals surface area contributed by atoms with E-state index < -0.39 is 0 Å². The third kappa shape index (κ3) is 6.12. The number of aryl methyl sites for hydroxylation is 2. The molecule has 0 amide bonds. The fourth-order valence-electron chi connectivity index (χ4n) is 2.90. The maximum Gasteiger partial charge on any atom is 0.191 e. The lowest BCUT2D eigenvalue weighted by atomic mass is 9.84. The highest BCUT2D eigenvalue weighted by atomic mass is 127. The van der Waals surface area contributed by atoms with Gasteiger partial charge in [0, 0.05) is 50.1 Å². The van der Waals surface area contributed by atoms with Gasteiger partial charge in [0.2, 0.25) is 0 Å². The van der Waals surface area contributed by atoms with Gasteiger partial charge in [-0.3, -0.25) is 4.99 Å². The molecular formula is C16H29IN4O2S. The minimum atomic E-state index is 0. The summed E-state index contributed by atoms with van der Waals surface area (Å²) in [5, 5.41) is 17.1. The first kappa shape index (κ1) is 21.6. The lowest BCUT2D eigenvalue weighted by molar-refractivity contribution is 0.127. The van der Waals surface area contributed by atoms with Crippen LogP contribution in [0.25, 0.3) is 0 Å². The number of nitrogens with one attached hydrogen (secondary N) is 2. The molecule has 2 heterocycles. The highest BCUT2D eigenvalue weighted by Gasteiger charge is 2.34. The topological polar surface area (TPSA) is 78.8 Å². The van der Waals surface area contributed by atoms with E-state index in [1.54, 1.807) is 18.4 Å². The number of rotatable bonds is 7. The zero-order valence-corrected chi connectivity index (χ0v) is 17.9. The molecule has 1 atom stereocenters. The maximum atomic E-state index is 9.28. The first-order valence-corrected chi connectivity index (χ1v) is 8.96. The van der Waals surface area contributed by atoms with Crippen LogP contribution in [0.3, 0.4) is 0 Å². The van der Waals surface area contributed by atoms with Gasteiger partial charge in [-0.25, -0.2) is 4.98 Å². The molecule has 1 saturated heterocycles. The van der Waals surface area contributed by atoms with Crippen LogP contribution in [0.4, 0.5) is 0 Å². The van der Waals surface area contributed by atoms with Crippen molar-refractivity contribution in [1.29, 1.82) is 0 Å². The summed E-state index contributed by atoms with van der Waals surface area (Å²) in [7, 11) is 1.78. The van der Waals surface area contributed by atoms with Crippen LogP contribution in [0.5, 0.6) is 0 Å². The maximum absolute atomic E-state index is 9.28. The predicted octanol–water partition coefficient (Wildman–Crippen LogP) is 1.87. The van der Waals surface area contributed by atoms with Crippen LogP contribution >= 0.6 is 35.3 Å². The molecule has 0 aromatic carbocycles. The van der Waals surface area contributed by atoms with Gasteiger partial charge in [0.15, 0.2) is 5.96 Å². The van der Waals surface area contributed by atoms with Crippen LogP contribution in [-0.4, -0.2) is 56.0 Å². The summed E-state index contributed by atoms with van der Waals surface area (Å²) in [6.45, 7) is 7.37. The van der Waals surface area contributed by atoms with Crippen molar-refractivity contribution in [2.45, 2.75) is 33.1 Å². The van der Waals surface area contributed by atoms with Crippen molar-refractivity contribution in [3.63, 3.8) is 0 Å². The first-order chi connectivity index (χ1) is 11.1. The number of ether oxygens (including phenoxy) is 1. The summed E-state index contributed by atoms with van der Waals surface area (Å²) < 4.78 is 5.52. The van der Waals surface area contributed by atoms with E-state index in [0.29, 0.717) is 6.61 Å². The minimum Gasteiger partial charge on any atom is -0.396 e. The Kier molecular flexibility index (Phi) is 9.47. The quantitative estimate of drug-likeness (QED) is 0.324. The van der Waals surface area contributed by atoms with E-state index in [0.717, 1.165) is 55.6 Å². The molecule has 1 aliphatic rings. The minimum absolute atomic E-state index is 0. The number of hydrogen-bond donors (Lipinski definition) is 3. The lowest BCUT2D eigenvalue weighted by Gasteiger charge is -2.27. The van der Waals surface area contributed by atoms with Crippen LogP contribution in [-0.2, 0) is 11.2 Å². The first-order valence-electron chi connectivity index (χ1n) is 8.14. The Morgan fingerprint density at radius 1 is 1.42 bits per heavy atom. The van der Waals surface area contributed by atoms with Gasteiger partial charge in [-0.1, -0.05) is 0 Å². The molecular weight excluding hydrogens is 439 g/mol. The van der Waals surface area contributed by atoms with Gasteiger partial charge in [-0.2, -0.15) is 0 Å². The third-order valence-electron chi connectivity index (χ3n) is 4.33. The van der Waals surface area contributed by atoms with Gasteiger partial charge in [0.05, 0.1) is 17.3 Å². The van der Waals surface area contributed by atoms with Crippen molar-refractivity contribution in [3.8, 4) is 0 Å². The van der Waals surface area contributed by atoms with Gasteiger partial charge in [-0.15, -0.1) is 35.3 Å². The molecule has 0 spiro atoms. The number of aromatic nitrogens is 1. The fourth-order valence-corrected chi connectivity index (χ4v) is 3.84. The number of thiazole rings is 1. The smallest absolute Gasteiger partial charge is 0.191 e. The summed E-state index contributed by atoms with van der Waals surface area (Å²) in [5.74, 6) is 0.799. The van der Waals surface area contributed by atoms with E-state index in [1.807, 2.05) is 6.92 Å². The van der Waals surface area contributed by atoms with Crippen LogP contribution in [0.2, 0.25) is 0 Å². The molecule has 0 radical (unpaired) electrons. The third-order valence-corrected chi connectivity index (χ3v) is 5.46. The van der Waals surface area contributed by atoms with E-state index in [9.17, 15) is 5.11 Å². The highest BCUT2D eigenvalue weighted by Crippen LogP contribution is 2.31. The zero-order valence-electron chi connectivity index (χ0n) is 14.7. The summed E-state index contributed by atoms with van der Waals surface area (Å²) in [6.07, 6.45) is 2.69. The highest BCUT2D eigenvalue weighted by molar-refractivity contribution is 14.0. The van der Waals surface area contributed by atoms with Gasteiger partial charge >= 0.3 is 0 Å². The largest absolute Gasteiger partial charge is 0.396 e. The molecule has 8 heteroatoms. The summed E-state index contributed by atoms with van der Waals surface area (Å²) in [5.41, 5.74) is 1.15. The molecule has 0 aliphatic carbocycles. The SMILES string of the molecule is CN=C(NCCc1sc(C)nc1C)NCC1(CCO)CCOC1.I. The molecule has 3 N–H and O–H groups in total. The van der Waals surface area contributed by atoms with Crippen molar-refractivity contribution < 1.29 is 9.84 Å². The van der Waals surface area contributed by atoms with Crippen molar-refractivity contribution in [2.24, 2.45) is 10.4 Å². The molecule has 2 rings (SSSR count). The molecule has 24 heavy (non-hydrogen) atoms. The van der Waals surface area contributed by atoms with Crippen LogP contribution in [0, 0.1) is 19.3 Å². The predicted molar refractivity (Wildman–Crippen MR) is 110 cm³/mol. The molecule has 6 nitrogen and oxygen atoms in total. The molecule has 0 bridgehead atoms. The van der Waals surface area contributed by atoms with Gasteiger partial charge < -0.3 is 20.5 Å². The van der Waals surface area contributed by atoms with Crippen molar-refractivity contribution in [3.05, 3.63) is 15.6 Å². The average molecular weight is 468 g/mol. The molecule has 1 aromatic rings. The second-order valence-electron chi connectivity index (χ2n) is 6.12. The molecule has 1 aromatic heterocycles. The summed E-state index contributed by atoms with van der Waals surface area (Å²) >= 11 is 1.76. The van der Waals surface area contributed by atoms with Crippen molar-refractivity contribution in [1.82, 2.24) is 15.6 Å². The molecule has 1 aliphatic heterocycles. The summed E-state index contributed by atoms with van der Waals surface area (Å²) in [4.78, 5) is 10.1. The Morgan fingerprint density at radius 2 is 2.21 bits per heavy atom. The molecule has 1 fully saturated rings. The number of aliphatic hydroxyl groups excluding tert-OH is 1. The number of hydrogen-bond acceptors (Lipinski definition) is 5. The van der Waals surface area contributed by atoms with Crippen molar-refractivity contribution >= 4 is 41.3 Å². The number of aliphatic imine (C=N–C) groups is 1. The Morgan fingerprint density at radius 3 is 2.75 bits per heavy atom. The number of guanidine groups is 1. The van der Waals surface area contributed by atoms with E-state index in [1.165, 1.54) is 4.88 Å². The van der Waals surface area contributed by atoms with Gasteiger partial charge in [0.25, 0.3) is 0 Å². The number of nitrogens with zero attached hydrogens (tertiary/aromatic N) is 2. The number of halogens is 1. The van der Waals surface area contributed by atoms with Crippen molar-refractivity contribution in [2.75, 3.05) is 40.0 Å². The van der Waals surface area contributed by atoms with Crippen LogP contribution < -0.4 is 10.6 Å². The van der Waals surface area contributed by atoms with E-state index in [4.69, 9.17) is 4.74 Å². The molecule has 0 saturated carbocycles. The Bertz CT molecular complexity index is 530. The van der Waals surface area contributed by atoms with Crippen LogP contribution in [0.1, 0.15) is 28.4 Å². The van der Waals surface area contributed by atoms with Gasteiger partial charge in [-0.05, 0) is 26.7 Å². The Hall–Kier alpha value is -0.450. The average Bonchev–Trinajstić information content (AvgIpc) is 3.10. The summed E-state index contributed by atoms with van der Waals surface area (Å²) in [6, 6.07) is 0. The van der Waals surface area contributed by atoms with E-state index >= 15 is 0 Å². The Balaban J connectivity index is 0.00000288. The Labute approximate surface area is 165 Å². The second-order valence-corrected chi connectivity index (χ2v) is 7.41. The lowest BCUT2D eigenvalue weighted by Crippen LogP contribution is -2.45.